The molecule has 0 radical (unpaired) electrons. The van der Waals surface area contributed by atoms with E-state index in [9.17, 15) is 15.0 Å². The van der Waals surface area contributed by atoms with Crippen molar-refractivity contribution >= 4 is 14.3 Å². The summed E-state index contributed by atoms with van der Waals surface area (Å²) < 4.78 is 21.8. The molecule has 0 fully saturated rings. The number of hydrogen-bond acceptors (Lipinski definition) is 7. The molecule has 1 aromatic carbocycles. The molecule has 0 aliphatic carbocycles. The third-order valence-corrected chi connectivity index (χ3v) is 10.9. The summed E-state index contributed by atoms with van der Waals surface area (Å²) in [5, 5.41) is 19.6. The molecule has 8 heteroatoms. The Bertz CT molecular complexity index is 817. The Hall–Kier alpha value is -1.81. The average molecular weight is 539 g/mol. The molecular weight excluding hydrogens is 488 g/mol. The highest BCUT2D eigenvalue weighted by Crippen LogP contribution is 2.36. The summed E-state index contributed by atoms with van der Waals surface area (Å²) in [5.41, 5.74) is 2.36. The Labute approximate surface area is 225 Å². The van der Waals surface area contributed by atoms with Gasteiger partial charge in [-0.15, -0.1) is 13.2 Å². The van der Waals surface area contributed by atoms with E-state index in [4.69, 9.17) is 18.6 Å². The fraction of sp³-hybridized carbons (Fsp3) is 0.621. The van der Waals surface area contributed by atoms with Gasteiger partial charge < -0.3 is 28.8 Å². The first-order valence-corrected chi connectivity index (χ1v) is 15.5. The molecule has 0 unspecified atom stereocenters. The van der Waals surface area contributed by atoms with Crippen LogP contribution in [0, 0.1) is 0 Å². The van der Waals surface area contributed by atoms with Gasteiger partial charge in [0.25, 0.3) is 0 Å². The third kappa shape index (κ3) is 13.5. The van der Waals surface area contributed by atoms with Crippen molar-refractivity contribution in [2.24, 2.45) is 0 Å². The van der Waals surface area contributed by atoms with Gasteiger partial charge in [0, 0.05) is 14.2 Å². The number of methoxy groups -OCH3 is 2. The van der Waals surface area contributed by atoms with Crippen molar-refractivity contribution in [1.29, 1.82) is 0 Å². The number of ether oxygens (including phenoxy) is 3. The van der Waals surface area contributed by atoms with E-state index in [1.807, 2.05) is 19.9 Å². The lowest BCUT2D eigenvalue weighted by molar-refractivity contribution is -0.0550. The molecule has 0 aromatic heterocycles. The van der Waals surface area contributed by atoms with Crippen molar-refractivity contribution in [2.75, 3.05) is 27.4 Å². The first-order chi connectivity index (χ1) is 17.1. The Balaban J connectivity index is 0.000000702. The summed E-state index contributed by atoms with van der Waals surface area (Å²) >= 11 is 0. The van der Waals surface area contributed by atoms with Crippen molar-refractivity contribution in [1.82, 2.24) is 0 Å². The van der Waals surface area contributed by atoms with Crippen molar-refractivity contribution in [3.8, 4) is 0 Å². The number of aliphatic hydroxyl groups excluding tert-OH is 2. The molecule has 0 aliphatic rings. The van der Waals surface area contributed by atoms with Crippen LogP contribution >= 0.6 is 0 Å². The van der Waals surface area contributed by atoms with Crippen LogP contribution in [0.5, 0.6) is 0 Å². The number of aliphatic hydroxyl groups is 2. The fourth-order valence-corrected chi connectivity index (χ4v) is 4.08. The number of carbonyl (C=O) groups excluding carboxylic acids is 1. The molecule has 212 valence electrons. The maximum Gasteiger partial charge on any atom is 0.338 e. The molecular formula is C29H50O7Si. The zero-order valence-corrected chi connectivity index (χ0v) is 25.4. The van der Waals surface area contributed by atoms with E-state index in [-0.39, 0.29) is 17.7 Å². The molecule has 1 rings (SSSR count). The monoisotopic (exact) mass is 538 g/mol. The van der Waals surface area contributed by atoms with Crippen LogP contribution < -0.4 is 0 Å². The minimum Gasteiger partial charge on any atom is -0.454 e. The summed E-state index contributed by atoms with van der Waals surface area (Å²) in [6, 6.07) is 8.66. The number of carbonyl (C=O) groups is 1. The standard InChI is InChI=1S/C15H20O4.C14H30O3Si/c1-11(2)9-13(18-3)14(10-16)19-15(17)12-7-5-4-6-8-12;1-11(2)9-13(16-6)12(15)10-17-18(7,8)14(3,4)5/h4-8,13-14,16H,1,9-10H2,2-3H3;12-13,15H,1,9-10H2,2-8H3/t13-,14+;12-,13+/m01/s1. The van der Waals surface area contributed by atoms with Crippen LogP contribution in [0.2, 0.25) is 18.1 Å². The first kappa shape index (κ1) is 35.2. The molecule has 2 N–H and O–H groups in total. The topological polar surface area (TPSA) is 94.5 Å². The highest BCUT2D eigenvalue weighted by atomic mass is 28.4. The second kappa shape index (κ2) is 16.9. The molecule has 37 heavy (non-hydrogen) atoms. The Kier molecular flexibility index (Phi) is 16.1. The SMILES string of the molecule is C=C(C)C[C@H](OC)[C@@H](CO)OC(=O)c1ccccc1.C=C(C)C[C@H](OC)[C@H](O)CO[Si](C)(C)C(C)(C)C. The Morgan fingerprint density at radius 2 is 1.43 bits per heavy atom. The van der Waals surface area contributed by atoms with Crippen LogP contribution in [-0.4, -0.2) is 76.3 Å². The molecule has 0 heterocycles. The summed E-state index contributed by atoms with van der Waals surface area (Å²) in [4.78, 5) is 11.9. The molecule has 1 aromatic rings. The van der Waals surface area contributed by atoms with Gasteiger partial charge in [-0.1, -0.05) is 50.1 Å². The van der Waals surface area contributed by atoms with E-state index in [1.165, 1.54) is 7.11 Å². The number of esters is 1. The van der Waals surface area contributed by atoms with Gasteiger partial charge in [-0.3, -0.25) is 0 Å². The van der Waals surface area contributed by atoms with Gasteiger partial charge in [-0.25, -0.2) is 4.79 Å². The van der Waals surface area contributed by atoms with Gasteiger partial charge in [0.2, 0.25) is 0 Å². The largest absolute Gasteiger partial charge is 0.454 e. The average Bonchev–Trinajstić information content (AvgIpc) is 2.82. The number of hydrogen-bond donors (Lipinski definition) is 2. The zero-order valence-electron chi connectivity index (χ0n) is 24.4. The van der Waals surface area contributed by atoms with Crippen LogP contribution in [0.4, 0.5) is 0 Å². The van der Waals surface area contributed by atoms with E-state index < -0.39 is 32.6 Å². The second-order valence-corrected chi connectivity index (χ2v) is 15.8. The quantitative estimate of drug-likeness (QED) is 0.183. The minimum atomic E-state index is -1.80. The molecule has 0 spiro atoms. The van der Waals surface area contributed by atoms with E-state index >= 15 is 0 Å². The van der Waals surface area contributed by atoms with E-state index in [0.717, 1.165) is 11.1 Å². The van der Waals surface area contributed by atoms with Crippen LogP contribution in [0.1, 0.15) is 57.8 Å². The molecule has 0 aliphatic heterocycles. The predicted octanol–water partition coefficient (Wildman–Crippen LogP) is 5.54. The molecule has 0 amide bonds. The smallest absolute Gasteiger partial charge is 0.338 e. The van der Waals surface area contributed by atoms with Crippen molar-refractivity contribution in [3.05, 3.63) is 60.2 Å². The molecule has 0 bridgehead atoms. The highest BCUT2D eigenvalue weighted by molar-refractivity contribution is 6.74. The van der Waals surface area contributed by atoms with Crippen molar-refractivity contribution in [3.63, 3.8) is 0 Å². The minimum absolute atomic E-state index is 0.156. The lowest BCUT2D eigenvalue weighted by Crippen LogP contribution is -2.44. The van der Waals surface area contributed by atoms with Gasteiger partial charge in [0.15, 0.2) is 14.4 Å². The summed E-state index contributed by atoms with van der Waals surface area (Å²) in [6.45, 7) is 22.4. The Morgan fingerprint density at radius 3 is 1.84 bits per heavy atom. The van der Waals surface area contributed by atoms with E-state index in [0.29, 0.717) is 25.0 Å². The molecule has 4 atom stereocenters. The van der Waals surface area contributed by atoms with Crippen LogP contribution in [0.25, 0.3) is 0 Å². The van der Waals surface area contributed by atoms with Crippen LogP contribution in [-0.2, 0) is 18.6 Å². The van der Waals surface area contributed by atoms with Crippen LogP contribution in [0.3, 0.4) is 0 Å². The number of rotatable bonds is 14. The Morgan fingerprint density at radius 1 is 0.946 bits per heavy atom. The summed E-state index contributed by atoms with van der Waals surface area (Å²) in [7, 11) is 1.33. The van der Waals surface area contributed by atoms with E-state index in [1.54, 1.807) is 31.4 Å². The maximum atomic E-state index is 11.9. The summed E-state index contributed by atoms with van der Waals surface area (Å²) in [6.07, 6.45) is -0.722. The van der Waals surface area contributed by atoms with Gasteiger partial charge in [0.05, 0.1) is 24.9 Å². The normalized spacial score (nSPS) is 15.0. The van der Waals surface area contributed by atoms with Gasteiger partial charge in [-0.05, 0) is 57.0 Å². The van der Waals surface area contributed by atoms with Crippen LogP contribution in [0.15, 0.2) is 54.6 Å². The number of benzene rings is 1. The maximum absolute atomic E-state index is 11.9. The van der Waals surface area contributed by atoms with Gasteiger partial charge >= 0.3 is 5.97 Å². The second-order valence-electron chi connectivity index (χ2n) is 11.0. The zero-order chi connectivity index (χ0) is 28.8. The van der Waals surface area contributed by atoms with Crippen molar-refractivity contribution < 1.29 is 33.6 Å². The highest BCUT2D eigenvalue weighted by Gasteiger charge is 2.38. The van der Waals surface area contributed by atoms with Crippen molar-refractivity contribution in [2.45, 2.75) is 90.0 Å². The molecule has 0 saturated heterocycles. The predicted molar refractivity (Wildman–Crippen MR) is 152 cm³/mol. The van der Waals surface area contributed by atoms with Gasteiger partial charge in [0.1, 0.15) is 12.2 Å². The fourth-order valence-electron chi connectivity index (χ4n) is 3.06. The lowest BCUT2D eigenvalue weighted by atomic mass is 10.1. The lowest BCUT2D eigenvalue weighted by Gasteiger charge is -2.37. The summed E-state index contributed by atoms with van der Waals surface area (Å²) in [5.74, 6) is -0.469. The van der Waals surface area contributed by atoms with Gasteiger partial charge in [-0.2, -0.15) is 0 Å². The third-order valence-electron chi connectivity index (χ3n) is 6.42. The molecule has 7 nitrogen and oxygen atoms in total. The molecule has 0 saturated carbocycles. The first-order valence-electron chi connectivity index (χ1n) is 12.6. The van der Waals surface area contributed by atoms with E-state index in [2.05, 4.69) is 47.0 Å².